The molecule has 1 amide bonds. The van der Waals surface area contributed by atoms with Gasteiger partial charge in [0.05, 0.1) is 6.04 Å². The van der Waals surface area contributed by atoms with Crippen molar-refractivity contribution in [2.75, 3.05) is 19.8 Å². The molecule has 5 nitrogen and oxygen atoms in total. The zero-order valence-electron chi connectivity index (χ0n) is 12.6. The van der Waals surface area contributed by atoms with E-state index < -0.39 is 6.04 Å². The molecule has 21 heavy (non-hydrogen) atoms. The van der Waals surface area contributed by atoms with Crippen LogP contribution in [-0.4, -0.2) is 31.7 Å². The van der Waals surface area contributed by atoms with Crippen LogP contribution in [0, 0.1) is 0 Å². The fourth-order valence-electron chi connectivity index (χ4n) is 2.26. The van der Waals surface area contributed by atoms with Crippen molar-refractivity contribution in [3.05, 3.63) is 23.8 Å². The maximum absolute atomic E-state index is 11.8. The number of rotatable bonds is 7. The van der Waals surface area contributed by atoms with E-state index in [1.807, 2.05) is 18.2 Å². The number of nitrogens with two attached hydrogens (primary N) is 1. The second kappa shape index (κ2) is 7.88. The van der Waals surface area contributed by atoms with E-state index in [4.69, 9.17) is 15.2 Å². The topological polar surface area (TPSA) is 73.6 Å². The van der Waals surface area contributed by atoms with Crippen LogP contribution in [0.25, 0.3) is 0 Å². The second-order valence-corrected chi connectivity index (χ2v) is 5.27. The van der Waals surface area contributed by atoms with Gasteiger partial charge in [0.2, 0.25) is 5.91 Å². The highest BCUT2D eigenvalue weighted by Gasteiger charge is 2.13. The predicted octanol–water partition coefficient (Wildman–Crippen LogP) is 1.63. The molecule has 1 aliphatic heterocycles. The number of hydrogen-bond acceptors (Lipinski definition) is 4. The van der Waals surface area contributed by atoms with Gasteiger partial charge in [-0.2, -0.15) is 0 Å². The van der Waals surface area contributed by atoms with Gasteiger partial charge >= 0.3 is 0 Å². The summed E-state index contributed by atoms with van der Waals surface area (Å²) in [6.45, 7) is 3.85. The maximum atomic E-state index is 11.8. The summed E-state index contributed by atoms with van der Waals surface area (Å²) in [5.41, 5.74) is 6.94. The van der Waals surface area contributed by atoms with Gasteiger partial charge in [-0.15, -0.1) is 0 Å². The van der Waals surface area contributed by atoms with E-state index >= 15 is 0 Å². The Labute approximate surface area is 125 Å². The largest absolute Gasteiger partial charge is 0.486 e. The van der Waals surface area contributed by atoms with Crippen LogP contribution >= 0.6 is 0 Å². The summed E-state index contributed by atoms with van der Waals surface area (Å²) in [6.07, 6.45) is 3.53. The van der Waals surface area contributed by atoms with Crippen molar-refractivity contribution < 1.29 is 14.3 Å². The summed E-state index contributed by atoms with van der Waals surface area (Å²) in [5.74, 6) is 1.50. The molecule has 116 valence electrons. The number of ether oxygens (including phenoxy) is 2. The third kappa shape index (κ3) is 4.63. The molecular formula is C16H24N2O3. The quantitative estimate of drug-likeness (QED) is 0.801. The van der Waals surface area contributed by atoms with Crippen molar-refractivity contribution in [1.29, 1.82) is 0 Å². The highest BCUT2D eigenvalue weighted by molar-refractivity contribution is 5.81. The predicted molar refractivity (Wildman–Crippen MR) is 81.6 cm³/mol. The first-order chi connectivity index (χ1) is 10.2. The van der Waals surface area contributed by atoms with Crippen molar-refractivity contribution in [2.24, 2.45) is 5.73 Å². The number of amides is 1. The minimum absolute atomic E-state index is 0.0685. The monoisotopic (exact) mass is 292 g/mol. The standard InChI is InChI=1S/C16H24N2O3/c1-2-3-4-13(17)16(19)18-8-7-12-5-6-14-15(11-12)21-10-9-20-14/h5-6,11,13H,2-4,7-10,17H2,1H3,(H,18,19)/t13-/m0/s1. The Morgan fingerprint density at radius 3 is 2.86 bits per heavy atom. The molecule has 0 unspecified atom stereocenters. The first-order valence-corrected chi connectivity index (χ1v) is 7.62. The van der Waals surface area contributed by atoms with Gasteiger partial charge in [0, 0.05) is 6.54 Å². The molecule has 0 bridgehead atoms. The lowest BCUT2D eigenvalue weighted by Gasteiger charge is -2.19. The molecule has 0 saturated carbocycles. The molecule has 2 rings (SSSR count). The van der Waals surface area contributed by atoms with Crippen LogP contribution in [0.2, 0.25) is 0 Å². The van der Waals surface area contributed by atoms with Crippen molar-refractivity contribution in [2.45, 2.75) is 38.6 Å². The minimum atomic E-state index is -0.398. The molecule has 0 aliphatic carbocycles. The Bertz CT molecular complexity index is 477. The van der Waals surface area contributed by atoms with Crippen LogP contribution in [0.4, 0.5) is 0 Å². The molecule has 0 radical (unpaired) electrons. The van der Waals surface area contributed by atoms with Gasteiger partial charge in [0.15, 0.2) is 11.5 Å². The van der Waals surface area contributed by atoms with Crippen LogP contribution < -0.4 is 20.5 Å². The fourth-order valence-corrected chi connectivity index (χ4v) is 2.26. The summed E-state index contributed by atoms with van der Waals surface area (Å²) in [6, 6.07) is 5.48. The first kappa shape index (κ1) is 15.6. The van der Waals surface area contributed by atoms with E-state index in [1.165, 1.54) is 0 Å². The molecule has 0 aromatic heterocycles. The summed E-state index contributed by atoms with van der Waals surface area (Å²) in [5, 5.41) is 2.88. The van der Waals surface area contributed by atoms with Gasteiger partial charge in [-0.05, 0) is 30.5 Å². The van der Waals surface area contributed by atoms with E-state index in [0.29, 0.717) is 19.8 Å². The van der Waals surface area contributed by atoms with Crippen LogP contribution in [0.1, 0.15) is 31.7 Å². The molecule has 1 aromatic rings. The van der Waals surface area contributed by atoms with Gasteiger partial charge in [-0.1, -0.05) is 25.8 Å². The molecule has 5 heteroatoms. The Morgan fingerprint density at radius 1 is 1.33 bits per heavy atom. The maximum Gasteiger partial charge on any atom is 0.236 e. The average Bonchev–Trinajstić information content (AvgIpc) is 2.52. The van der Waals surface area contributed by atoms with Crippen LogP contribution in [0.5, 0.6) is 11.5 Å². The molecule has 1 aromatic carbocycles. The molecule has 1 aliphatic rings. The van der Waals surface area contributed by atoms with Gasteiger partial charge in [-0.25, -0.2) is 0 Å². The average molecular weight is 292 g/mol. The molecule has 0 fully saturated rings. The molecule has 3 N–H and O–H groups in total. The lowest BCUT2D eigenvalue weighted by atomic mass is 10.1. The number of fused-ring (bicyclic) bond motifs is 1. The van der Waals surface area contributed by atoms with E-state index in [0.717, 1.165) is 42.7 Å². The summed E-state index contributed by atoms with van der Waals surface area (Å²) in [7, 11) is 0. The molecule has 0 saturated heterocycles. The van der Waals surface area contributed by atoms with Gasteiger partial charge in [0.1, 0.15) is 13.2 Å². The van der Waals surface area contributed by atoms with Crippen molar-refractivity contribution in [1.82, 2.24) is 5.32 Å². The zero-order valence-corrected chi connectivity index (χ0v) is 12.6. The number of benzene rings is 1. The summed E-state index contributed by atoms with van der Waals surface area (Å²) in [4.78, 5) is 11.8. The number of nitrogens with one attached hydrogen (secondary N) is 1. The lowest BCUT2D eigenvalue weighted by Crippen LogP contribution is -2.41. The lowest BCUT2D eigenvalue weighted by molar-refractivity contribution is -0.122. The molecule has 1 atom stereocenters. The molecule has 1 heterocycles. The minimum Gasteiger partial charge on any atom is -0.486 e. The third-order valence-corrected chi connectivity index (χ3v) is 3.52. The van der Waals surface area contributed by atoms with Gasteiger partial charge in [0.25, 0.3) is 0 Å². The first-order valence-electron chi connectivity index (χ1n) is 7.62. The number of unbranched alkanes of at least 4 members (excludes halogenated alkanes) is 1. The summed E-state index contributed by atoms with van der Waals surface area (Å²) >= 11 is 0. The van der Waals surface area contributed by atoms with Crippen LogP contribution in [-0.2, 0) is 11.2 Å². The Hall–Kier alpha value is -1.75. The SMILES string of the molecule is CCCC[C@H](N)C(=O)NCCc1ccc2c(c1)OCCO2. The Kier molecular flexibility index (Phi) is 5.87. The second-order valence-electron chi connectivity index (χ2n) is 5.27. The Balaban J connectivity index is 1.77. The van der Waals surface area contributed by atoms with Gasteiger partial charge in [-0.3, -0.25) is 4.79 Å². The fraction of sp³-hybridized carbons (Fsp3) is 0.562. The smallest absolute Gasteiger partial charge is 0.236 e. The molecular weight excluding hydrogens is 268 g/mol. The highest BCUT2D eigenvalue weighted by Crippen LogP contribution is 2.30. The summed E-state index contributed by atoms with van der Waals surface area (Å²) < 4.78 is 11.0. The van der Waals surface area contributed by atoms with E-state index in [-0.39, 0.29) is 5.91 Å². The van der Waals surface area contributed by atoms with Crippen LogP contribution in [0.15, 0.2) is 18.2 Å². The van der Waals surface area contributed by atoms with Crippen molar-refractivity contribution in [3.63, 3.8) is 0 Å². The van der Waals surface area contributed by atoms with Crippen LogP contribution in [0.3, 0.4) is 0 Å². The van der Waals surface area contributed by atoms with E-state index in [2.05, 4.69) is 12.2 Å². The number of hydrogen-bond donors (Lipinski definition) is 2. The van der Waals surface area contributed by atoms with Crippen molar-refractivity contribution in [3.8, 4) is 11.5 Å². The van der Waals surface area contributed by atoms with Gasteiger partial charge < -0.3 is 20.5 Å². The number of carbonyl (C=O) groups excluding carboxylic acids is 1. The van der Waals surface area contributed by atoms with Crippen molar-refractivity contribution >= 4 is 5.91 Å². The Morgan fingerprint density at radius 2 is 2.10 bits per heavy atom. The van der Waals surface area contributed by atoms with E-state index in [9.17, 15) is 4.79 Å². The zero-order chi connectivity index (χ0) is 15.1. The highest BCUT2D eigenvalue weighted by atomic mass is 16.6. The third-order valence-electron chi connectivity index (χ3n) is 3.52. The molecule has 0 spiro atoms. The normalized spacial score (nSPS) is 14.6. The number of carbonyl (C=O) groups is 1. The van der Waals surface area contributed by atoms with E-state index in [1.54, 1.807) is 0 Å².